The van der Waals surface area contributed by atoms with Gasteiger partial charge in [-0.15, -0.1) is 11.6 Å². The van der Waals surface area contributed by atoms with Crippen LogP contribution >= 0.6 is 11.6 Å². The molecule has 0 amide bonds. The van der Waals surface area contributed by atoms with Gasteiger partial charge < -0.3 is 9.47 Å². The summed E-state index contributed by atoms with van der Waals surface area (Å²) in [7, 11) is 0. The maximum atomic E-state index is 13.4. The molecule has 0 saturated carbocycles. The van der Waals surface area contributed by atoms with E-state index in [-0.39, 0.29) is 24.3 Å². The van der Waals surface area contributed by atoms with Crippen molar-refractivity contribution < 1.29 is 19.1 Å². The summed E-state index contributed by atoms with van der Waals surface area (Å²) in [5.41, 5.74) is 4.56. The van der Waals surface area contributed by atoms with Gasteiger partial charge in [-0.05, 0) is 43.4 Å². The normalized spacial score (nSPS) is 18.9. The lowest BCUT2D eigenvalue weighted by Gasteiger charge is -2.23. The summed E-state index contributed by atoms with van der Waals surface area (Å²) >= 11 is 5.91. The molecule has 1 aliphatic carbocycles. The Morgan fingerprint density at radius 3 is 2.60 bits per heavy atom. The predicted molar refractivity (Wildman–Crippen MR) is 118 cm³/mol. The van der Waals surface area contributed by atoms with Crippen LogP contribution in [0.4, 0.5) is 0 Å². The number of carbonyl (C=O) groups excluding carboxylic acids is 2. The van der Waals surface area contributed by atoms with Gasteiger partial charge in [0.2, 0.25) is 0 Å². The number of esters is 1. The van der Waals surface area contributed by atoms with E-state index in [1.807, 2.05) is 50.2 Å². The Bertz CT molecular complexity index is 908. The molecule has 5 heteroatoms. The summed E-state index contributed by atoms with van der Waals surface area (Å²) < 4.78 is 11.4. The number of ketones is 1. The van der Waals surface area contributed by atoms with Crippen LogP contribution in [0.25, 0.3) is 0 Å². The number of benzene rings is 2. The Morgan fingerprint density at radius 1 is 1.13 bits per heavy atom. The molecule has 0 bridgehead atoms. The quantitative estimate of drug-likeness (QED) is 0.396. The Balaban J connectivity index is 1.96. The number of aryl methyl sites for hydroxylation is 2. The van der Waals surface area contributed by atoms with Gasteiger partial charge in [0, 0.05) is 23.6 Å². The largest absolute Gasteiger partial charge is 0.456 e. The van der Waals surface area contributed by atoms with E-state index < -0.39 is 12.0 Å². The molecule has 2 aromatic rings. The standard InChI is InChI=1S/C25H29ClO4/c1-4-18-15-17(12-13-26)10-11-19(18)23-24(28)20-8-6-7-9-21(20)25(23)30-22(27)14-16(3)29-5-2/h6-11,15-16,23,25H,4-5,12-14H2,1-3H3. The van der Waals surface area contributed by atoms with Crippen LogP contribution in [0.1, 0.15) is 71.8 Å². The first-order valence-electron chi connectivity index (χ1n) is 10.6. The van der Waals surface area contributed by atoms with Gasteiger partial charge in [-0.3, -0.25) is 9.59 Å². The topological polar surface area (TPSA) is 52.6 Å². The van der Waals surface area contributed by atoms with Crippen molar-refractivity contribution in [1.82, 2.24) is 0 Å². The molecule has 4 nitrogen and oxygen atoms in total. The average Bonchev–Trinajstić information content (AvgIpc) is 3.00. The number of ether oxygens (including phenoxy) is 2. The van der Waals surface area contributed by atoms with Crippen molar-refractivity contribution in [3.05, 3.63) is 70.3 Å². The monoisotopic (exact) mass is 428 g/mol. The van der Waals surface area contributed by atoms with Crippen LogP contribution in [0.5, 0.6) is 0 Å². The van der Waals surface area contributed by atoms with E-state index in [4.69, 9.17) is 21.1 Å². The molecule has 0 fully saturated rings. The number of fused-ring (bicyclic) bond motifs is 1. The smallest absolute Gasteiger partial charge is 0.309 e. The molecule has 0 spiro atoms. The lowest BCUT2D eigenvalue weighted by atomic mass is 9.87. The predicted octanol–water partition coefficient (Wildman–Crippen LogP) is 5.41. The van der Waals surface area contributed by atoms with Gasteiger partial charge >= 0.3 is 5.97 Å². The molecule has 30 heavy (non-hydrogen) atoms. The molecule has 0 aromatic heterocycles. The number of alkyl halides is 1. The number of Topliss-reactive ketones (excluding diaryl/α,β-unsaturated/α-hetero) is 1. The molecule has 3 atom stereocenters. The van der Waals surface area contributed by atoms with Crippen molar-refractivity contribution in [3.8, 4) is 0 Å². The third-order valence-electron chi connectivity index (χ3n) is 5.59. The Labute approximate surface area is 183 Å². The first-order valence-corrected chi connectivity index (χ1v) is 11.1. The van der Waals surface area contributed by atoms with Crippen molar-refractivity contribution in [3.63, 3.8) is 0 Å². The van der Waals surface area contributed by atoms with Crippen molar-refractivity contribution >= 4 is 23.4 Å². The third-order valence-corrected chi connectivity index (χ3v) is 5.78. The van der Waals surface area contributed by atoms with E-state index in [1.165, 1.54) is 0 Å². The Kier molecular flexibility index (Phi) is 7.68. The van der Waals surface area contributed by atoms with Crippen LogP contribution in [0, 0.1) is 0 Å². The molecule has 0 radical (unpaired) electrons. The summed E-state index contributed by atoms with van der Waals surface area (Å²) in [6, 6.07) is 13.5. The highest BCUT2D eigenvalue weighted by Gasteiger charge is 2.43. The molecular weight excluding hydrogens is 400 g/mol. The van der Waals surface area contributed by atoms with Crippen LogP contribution in [0.2, 0.25) is 0 Å². The second-order valence-electron chi connectivity index (χ2n) is 7.64. The van der Waals surface area contributed by atoms with Gasteiger partial charge in [-0.1, -0.05) is 49.4 Å². The van der Waals surface area contributed by atoms with E-state index in [0.717, 1.165) is 35.1 Å². The molecule has 2 aromatic carbocycles. The molecule has 160 valence electrons. The summed E-state index contributed by atoms with van der Waals surface area (Å²) in [5.74, 6) is -0.337. The zero-order valence-electron chi connectivity index (χ0n) is 17.8. The number of hydrogen-bond donors (Lipinski definition) is 0. The fraction of sp³-hybridized carbons (Fsp3) is 0.440. The summed E-state index contributed by atoms with van der Waals surface area (Å²) in [6.07, 6.45) is 0.867. The summed E-state index contributed by atoms with van der Waals surface area (Å²) in [5, 5.41) is 0. The zero-order valence-corrected chi connectivity index (χ0v) is 18.6. The Morgan fingerprint density at radius 2 is 1.90 bits per heavy atom. The van der Waals surface area contributed by atoms with Crippen molar-refractivity contribution in [2.24, 2.45) is 0 Å². The SMILES string of the molecule is CCOC(C)CC(=O)OC1c2ccccc2C(=O)C1c1ccc(CCCl)cc1CC. The second kappa shape index (κ2) is 10.2. The van der Waals surface area contributed by atoms with Gasteiger partial charge in [0.05, 0.1) is 18.4 Å². The number of halogens is 1. The molecule has 0 heterocycles. The molecule has 0 N–H and O–H groups in total. The fourth-order valence-corrected chi connectivity index (χ4v) is 4.41. The maximum absolute atomic E-state index is 13.4. The minimum absolute atomic E-state index is 0.000972. The van der Waals surface area contributed by atoms with Crippen molar-refractivity contribution in [1.29, 1.82) is 0 Å². The van der Waals surface area contributed by atoms with Crippen LogP contribution in [0.15, 0.2) is 42.5 Å². The van der Waals surface area contributed by atoms with Gasteiger partial charge in [0.15, 0.2) is 5.78 Å². The highest BCUT2D eigenvalue weighted by molar-refractivity contribution is 6.18. The van der Waals surface area contributed by atoms with E-state index in [9.17, 15) is 9.59 Å². The van der Waals surface area contributed by atoms with Gasteiger partial charge in [0.1, 0.15) is 6.10 Å². The minimum atomic E-state index is -0.626. The number of carbonyl (C=O) groups is 2. The van der Waals surface area contributed by atoms with E-state index >= 15 is 0 Å². The van der Waals surface area contributed by atoms with Gasteiger partial charge in [-0.25, -0.2) is 0 Å². The van der Waals surface area contributed by atoms with Crippen molar-refractivity contribution in [2.45, 2.75) is 58.2 Å². The summed E-state index contributed by atoms with van der Waals surface area (Å²) in [6.45, 7) is 6.35. The lowest BCUT2D eigenvalue weighted by molar-refractivity contribution is -0.152. The zero-order chi connectivity index (χ0) is 21.7. The highest BCUT2D eigenvalue weighted by Crippen LogP contribution is 2.46. The Hall–Kier alpha value is -2.17. The van der Waals surface area contributed by atoms with Crippen LogP contribution in [-0.4, -0.2) is 30.3 Å². The molecule has 3 unspecified atom stereocenters. The molecule has 0 aliphatic heterocycles. The van der Waals surface area contributed by atoms with Crippen molar-refractivity contribution in [2.75, 3.05) is 12.5 Å². The minimum Gasteiger partial charge on any atom is -0.456 e. The number of rotatable bonds is 9. The van der Waals surface area contributed by atoms with E-state index in [1.54, 1.807) is 0 Å². The van der Waals surface area contributed by atoms with Gasteiger partial charge in [0.25, 0.3) is 0 Å². The molecule has 3 rings (SSSR count). The number of hydrogen-bond acceptors (Lipinski definition) is 4. The van der Waals surface area contributed by atoms with E-state index in [2.05, 4.69) is 13.0 Å². The summed E-state index contributed by atoms with van der Waals surface area (Å²) in [4.78, 5) is 26.0. The van der Waals surface area contributed by atoms with Crippen LogP contribution in [-0.2, 0) is 27.1 Å². The lowest BCUT2D eigenvalue weighted by Crippen LogP contribution is -2.22. The highest BCUT2D eigenvalue weighted by atomic mass is 35.5. The first-order chi connectivity index (χ1) is 14.5. The second-order valence-corrected chi connectivity index (χ2v) is 8.01. The fourth-order valence-electron chi connectivity index (χ4n) is 4.19. The maximum Gasteiger partial charge on any atom is 0.309 e. The molecular formula is C25H29ClO4. The molecule has 1 aliphatic rings. The van der Waals surface area contributed by atoms with Crippen LogP contribution in [0.3, 0.4) is 0 Å². The van der Waals surface area contributed by atoms with Gasteiger partial charge in [-0.2, -0.15) is 0 Å². The van der Waals surface area contributed by atoms with E-state index in [0.29, 0.717) is 18.1 Å². The van der Waals surface area contributed by atoms with Crippen LogP contribution < -0.4 is 0 Å². The first kappa shape index (κ1) is 22.5. The average molecular weight is 429 g/mol. The third kappa shape index (κ3) is 4.76. The molecule has 0 saturated heterocycles.